The lowest BCUT2D eigenvalue weighted by Crippen LogP contribution is -2.17. The van der Waals surface area contributed by atoms with E-state index in [0.29, 0.717) is 12.5 Å². The third-order valence-corrected chi connectivity index (χ3v) is 2.07. The third kappa shape index (κ3) is 3.97. The van der Waals surface area contributed by atoms with Crippen LogP contribution in [0.15, 0.2) is 6.33 Å². The molecule has 1 aromatic heterocycles. The number of rotatable bonds is 5. The zero-order valence-corrected chi connectivity index (χ0v) is 9.01. The molecule has 0 amide bonds. The highest BCUT2D eigenvalue weighted by Crippen LogP contribution is 2.01. The summed E-state index contributed by atoms with van der Waals surface area (Å²) in [6.07, 6.45) is 2.39. The Kier molecular flexibility index (Phi) is 4.08. The Labute approximate surface area is 88.4 Å². The van der Waals surface area contributed by atoms with Crippen molar-refractivity contribution in [1.82, 2.24) is 14.8 Å². The molecule has 2 N–H and O–H groups in total. The predicted octanol–water partition coefficient (Wildman–Crippen LogP) is 0.450. The molecular formula is C9H16N4O2. The van der Waals surface area contributed by atoms with Crippen LogP contribution in [0.5, 0.6) is 0 Å². The van der Waals surface area contributed by atoms with Crippen LogP contribution in [-0.4, -0.2) is 27.3 Å². The molecule has 1 heterocycles. The number of carbonyl (C=O) groups excluding carboxylic acids is 1. The van der Waals surface area contributed by atoms with Crippen LogP contribution in [0.1, 0.15) is 20.3 Å². The molecule has 1 aromatic rings. The fourth-order valence-corrected chi connectivity index (χ4v) is 0.916. The van der Waals surface area contributed by atoms with Gasteiger partial charge in [0.25, 0.3) is 0 Å². The minimum Gasteiger partial charge on any atom is -0.464 e. The first-order valence-corrected chi connectivity index (χ1v) is 4.92. The maximum Gasteiger partial charge on any atom is 0.327 e. The van der Waals surface area contributed by atoms with E-state index in [-0.39, 0.29) is 18.5 Å². The van der Waals surface area contributed by atoms with E-state index in [1.807, 2.05) is 6.92 Å². The van der Waals surface area contributed by atoms with Crippen LogP contribution in [0.25, 0.3) is 0 Å². The van der Waals surface area contributed by atoms with Crippen LogP contribution in [-0.2, 0) is 16.1 Å². The van der Waals surface area contributed by atoms with Crippen LogP contribution in [0.3, 0.4) is 0 Å². The molecule has 1 rings (SSSR count). The number of esters is 1. The first kappa shape index (κ1) is 11.5. The van der Waals surface area contributed by atoms with Gasteiger partial charge in [-0.15, -0.1) is 5.10 Å². The summed E-state index contributed by atoms with van der Waals surface area (Å²) in [7, 11) is 0. The Morgan fingerprint density at radius 1 is 1.73 bits per heavy atom. The summed E-state index contributed by atoms with van der Waals surface area (Å²) in [6, 6.07) is 0. The maximum absolute atomic E-state index is 11.3. The molecule has 0 aliphatic rings. The van der Waals surface area contributed by atoms with Crippen LogP contribution in [0.2, 0.25) is 0 Å². The SMILES string of the molecule is CCC(C)COC(=O)Cn1cnc(N)n1. The predicted molar refractivity (Wildman–Crippen MR) is 54.8 cm³/mol. The second kappa shape index (κ2) is 5.33. The molecule has 6 nitrogen and oxygen atoms in total. The van der Waals surface area contributed by atoms with Gasteiger partial charge in [0.2, 0.25) is 5.95 Å². The largest absolute Gasteiger partial charge is 0.464 e. The van der Waals surface area contributed by atoms with E-state index in [4.69, 9.17) is 10.5 Å². The Morgan fingerprint density at radius 3 is 3.00 bits per heavy atom. The highest BCUT2D eigenvalue weighted by molar-refractivity contribution is 5.69. The fourth-order valence-electron chi connectivity index (χ4n) is 0.916. The molecule has 15 heavy (non-hydrogen) atoms. The number of nitrogens with zero attached hydrogens (tertiary/aromatic N) is 3. The average Bonchev–Trinajstić information content (AvgIpc) is 2.60. The number of nitrogens with two attached hydrogens (primary N) is 1. The summed E-state index contributed by atoms with van der Waals surface area (Å²) in [5.41, 5.74) is 5.30. The molecule has 0 aromatic carbocycles. The average molecular weight is 212 g/mol. The molecule has 0 aliphatic heterocycles. The summed E-state index contributed by atoms with van der Waals surface area (Å²) in [6.45, 7) is 4.58. The number of hydrogen-bond acceptors (Lipinski definition) is 5. The number of nitrogen functional groups attached to an aromatic ring is 1. The van der Waals surface area contributed by atoms with Crippen LogP contribution < -0.4 is 5.73 Å². The van der Waals surface area contributed by atoms with E-state index >= 15 is 0 Å². The lowest BCUT2D eigenvalue weighted by Gasteiger charge is -2.09. The topological polar surface area (TPSA) is 83.0 Å². The van der Waals surface area contributed by atoms with Crippen LogP contribution >= 0.6 is 0 Å². The lowest BCUT2D eigenvalue weighted by atomic mass is 10.1. The number of ether oxygens (including phenoxy) is 1. The van der Waals surface area contributed by atoms with Gasteiger partial charge in [-0.25, -0.2) is 9.67 Å². The van der Waals surface area contributed by atoms with E-state index < -0.39 is 0 Å². The number of aromatic nitrogens is 3. The number of hydrogen-bond donors (Lipinski definition) is 1. The lowest BCUT2D eigenvalue weighted by molar-refractivity contribution is -0.145. The Bertz CT molecular complexity index is 324. The highest BCUT2D eigenvalue weighted by atomic mass is 16.5. The molecule has 1 atom stereocenters. The van der Waals surface area contributed by atoms with Crippen molar-refractivity contribution in [3.63, 3.8) is 0 Å². The van der Waals surface area contributed by atoms with Crippen molar-refractivity contribution in [1.29, 1.82) is 0 Å². The van der Waals surface area contributed by atoms with Crippen LogP contribution in [0, 0.1) is 5.92 Å². The Balaban J connectivity index is 2.30. The van der Waals surface area contributed by atoms with Crippen molar-refractivity contribution in [3.05, 3.63) is 6.33 Å². The minimum absolute atomic E-state index is 0.0562. The Morgan fingerprint density at radius 2 is 2.47 bits per heavy atom. The van der Waals surface area contributed by atoms with E-state index in [9.17, 15) is 4.79 Å². The highest BCUT2D eigenvalue weighted by Gasteiger charge is 2.07. The summed E-state index contributed by atoms with van der Waals surface area (Å²) < 4.78 is 6.39. The molecule has 6 heteroatoms. The standard InChI is InChI=1S/C9H16N4O2/c1-3-7(2)5-15-8(14)4-13-6-11-9(10)12-13/h6-7H,3-5H2,1-2H3,(H2,10,12). The van der Waals surface area contributed by atoms with Gasteiger partial charge in [-0.05, 0) is 5.92 Å². The number of anilines is 1. The summed E-state index contributed by atoms with van der Waals surface area (Å²) in [4.78, 5) is 15.0. The van der Waals surface area contributed by atoms with Crippen molar-refractivity contribution >= 4 is 11.9 Å². The van der Waals surface area contributed by atoms with E-state index in [1.165, 1.54) is 11.0 Å². The summed E-state index contributed by atoms with van der Waals surface area (Å²) in [5, 5.41) is 3.78. The first-order chi connectivity index (χ1) is 7.11. The molecule has 0 aliphatic carbocycles. The van der Waals surface area contributed by atoms with Crippen molar-refractivity contribution in [2.24, 2.45) is 5.92 Å². The molecule has 84 valence electrons. The third-order valence-electron chi connectivity index (χ3n) is 2.07. The fraction of sp³-hybridized carbons (Fsp3) is 0.667. The smallest absolute Gasteiger partial charge is 0.327 e. The minimum atomic E-state index is -0.319. The monoisotopic (exact) mass is 212 g/mol. The van der Waals surface area contributed by atoms with Gasteiger partial charge in [-0.1, -0.05) is 20.3 Å². The summed E-state index contributed by atoms with van der Waals surface area (Å²) in [5.74, 6) is 0.222. The van der Waals surface area contributed by atoms with Gasteiger partial charge in [-0.2, -0.15) is 0 Å². The van der Waals surface area contributed by atoms with Gasteiger partial charge in [0.1, 0.15) is 12.9 Å². The maximum atomic E-state index is 11.3. The Hall–Kier alpha value is -1.59. The van der Waals surface area contributed by atoms with Crippen molar-refractivity contribution in [3.8, 4) is 0 Å². The van der Waals surface area contributed by atoms with Gasteiger partial charge in [-0.3, -0.25) is 4.79 Å². The van der Waals surface area contributed by atoms with Crippen molar-refractivity contribution in [2.75, 3.05) is 12.3 Å². The zero-order chi connectivity index (χ0) is 11.3. The van der Waals surface area contributed by atoms with E-state index in [0.717, 1.165) is 6.42 Å². The van der Waals surface area contributed by atoms with Gasteiger partial charge >= 0.3 is 5.97 Å². The molecule has 0 saturated heterocycles. The molecule has 0 saturated carbocycles. The van der Waals surface area contributed by atoms with E-state index in [2.05, 4.69) is 17.0 Å². The second-order valence-electron chi connectivity index (χ2n) is 3.50. The molecule has 0 fully saturated rings. The van der Waals surface area contributed by atoms with Crippen molar-refractivity contribution in [2.45, 2.75) is 26.8 Å². The molecule has 1 unspecified atom stereocenters. The van der Waals surface area contributed by atoms with E-state index in [1.54, 1.807) is 0 Å². The molecule has 0 spiro atoms. The zero-order valence-electron chi connectivity index (χ0n) is 9.01. The molecule has 0 radical (unpaired) electrons. The quantitative estimate of drug-likeness (QED) is 0.716. The second-order valence-corrected chi connectivity index (χ2v) is 3.50. The molecule has 0 bridgehead atoms. The van der Waals surface area contributed by atoms with Gasteiger partial charge in [0.15, 0.2) is 0 Å². The summed E-state index contributed by atoms with van der Waals surface area (Å²) >= 11 is 0. The van der Waals surface area contributed by atoms with Crippen LogP contribution in [0.4, 0.5) is 5.95 Å². The van der Waals surface area contributed by atoms with Gasteiger partial charge < -0.3 is 10.5 Å². The normalized spacial score (nSPS) is 12.4. The number of carbonyl (C=O) groups is 1. The first-order valence-electron chi connectivity index (χ1n) is 4.92. The molecular weight excluding hydrogens is 196 g/mol. The van der Waals surface area contributed by atoms with Crippen molar-refractivity contribution < 1.29 is 9.53 Å². The van der Waals surface area contributed by atoms with Gasteiger partial charge in [0, 0.05) is 0 Å². The van der Waals surface area contributed by atoms with Gasteiger partial charge in [0.05, 0.1) is 6.61 Å².